The summed E-state index contributed by atoms with van der Waals surface area (Å²) in [5, 5.41) is 12.1. The first-order valence-corrected chi connectivity index (χ1v) is 8.18. The van der Waals surface area contributed by atoms with Crippen LogP contribution in [0.25, 0.3) is 0 Å². The van der Waals surface area contributed by atoms with Gasteiger partial charge in [0.05, 0.1) is 6.07 Å². The van der Waals surface area contributed by atoms with Gasteiger partial charge < -0.3 is 5.32 Å². The van der Waals surface area contributed by atoms with Crippen molar-refractivity contribution in [2.75, 3.05) is 0 Å². The van der Waals surface area contributed by atoms with Crippen molar-refractivity contribution in [1.29, 1.82) is 5.26 Å². The van der Waals surface area contributed by atoms with E-state index in [0.29, 0.717) is 11.3 Å². The van der Waals surface area contributed by atoms with Crippen LogP contribution in [0.3, 0.4) is 0 Å². The largest absolute Gasteiger partial charge is 0.352 e. The summed E-state index contributed by atoms with van der Waals surface area (Å²) in [7, 11) is 0. The van der Waals surface area contributed by atoms with Crippen LogP contribution in [0.15, 0.2) is 0 Å². The van der Waals surface area contributed by atoms with E-state index in [1.54, 1.807) is 13.8 Å². The maximum Gasteiger partial charge on any atom is 0.240 e. The lowest BCUT2D eigenvalue weighted by atomic mass is 9.54. The Morgan fingerprint density at radius 1 is 1.19 bits per heavy atom. The SMILES string of the molecule is CC(C)C1(C(C)(C)C)CCC(NC(=O)C(C)(C)C#N)CC1. The van der Waals surface area contributed by atoms with E-state index in [1.165, 1.54) is 0 Å². The topological polar surface area (TPSA) is 52.9 Å². The minimum atomic E-state index is -0.934. The van der Waals surface area contributed by atoms with Gasteiger partial charge in [-0.05, 0) is 56.3 Å². The first-order valence-electron chi connectivity index (χ1n) is 8.18. The van der Waals surface area contributed by atoms with E-state index in [-0.39, 0.29) is 17.4 Å². The summed E-state index contributed by atoms with van der Waals surface area (Å²) in [5.41, 5.74) is -0.308. The average molecular weight is 292 g/mol. The van der Waals surface area contributed by atoms with Crippen molar-refractivity contribution in [1.82, 2.24) is 5.32 Å². The highest BCUT2D eigenvalue weighted by Crippen LogP contribution is 2.54. The van der Waals surface area contributed by atoms with E-state index < -0.39 is 5.41 Å². The van der Waals surface area contributed by atoms with Crippen LogP contribution in [0, 0.1) is 33.5 Å². The predicted octanol–water partition coefficient (Wildman–Crippen LogP) is 4.28. The molecular formula is C18H32N2O. The molecule has 1 aliphatic rings. The molecule has 0 atom stereocenters. The number of rotatable bonds is 3. The first-order chi connectivity index (χ1) is 9.46. The van der Waals surface area contributed by atoms with Crippen molar-refractivity contribution < 1.29 is 4.79 Å². The van der Waals surface area contributed by atoms with E-state index in [9.17, 15) is 4.79 Å². The van der Waals surface area contributed by atoms with E-state index >= 15 is 0 Å². The molecule has 0 unspecified atom stereocenters. The molecule has 1 rings (SSSR count). The van der Waals surface area contributed by atoms with Gasteiger partial charge in [-0.15, -0.1) is 0 Å². The van der Waals surface area contributed by atoms with Crippen molar-refractivity contribution in [3.63, 3.8) is 0 Å². The maximum atomic E-state index is 12.1. The Kier molecular flexibility index (Phi) is 5.13. The molecule has 0 aromatic carbocycles. The maximum absolute atomic E-state index is 12.1. The van der Waals surface area contributed by atoms with Gasteiger partial charge in [0.15, 0.2) is 0 Å². The molecule has 0 spiro atoms. The summed E-state index contributed by atoms with van der Waals surface area (Å²) in [6.07, 6.45) is 4.32. The van der Waals surface area contributed by atoms with Gasteiger partial charge in [0.1, 0.15) is 5.41 Å². The van der Waals surface area contributed by atoms with Crippen molar-refractivity contribution in [3.05, 3.63) is 0 Å². The van der Waals surface area contributed by atoms with E-state index in [0.717, 1.165) is 25.7 Å². The number of nitriles is 1. The van der Waals surface area contributed by atoms with Crippen LogP contribution < -0.4 is 5.32 Å². The third-order valence-electron chi connectivity index (χ3n) is 5.66. The van der Waals surface area contributed by atoms with Crippen LogP contribution in [0.5, 0.6) is 0 Å². The highest BCUT2D eigenvalue weighted by atomic mass is 16.2. The normalized spacial score (nSPS) is 27.3. The van der Waals surface area contributed by atoms with E-state index in [4.69, 9.17) is 5.26 Å². The third-order valence-corrected chi connectivity index (χ3v) is 5.66. The van der Waals surface area contributed by atoms with Gasteiger partial charge in [-0.3, -0.25) is 4.79 Å². The minimum absolute atomic E-state index is 0.136. The molecule has 3 heteroatoms. The van der Waals surface area contributed by atoms with Gasteiger partial charge in [-0.25, -0.2) is 0 Å². The van der Waals surface area contributed by atoms with Crippen LogP contribution >= 0.6 is 0 Å². The van der Waals surface area contributed by atoms with Crippen LogP contribution in [-0.4, -0.2) is 11.9 Å². The number of nitrogens with one attached hydrogen (secondary N) is 1. The standard InChI is InChI=1S/C18H32N2O/c1-13(2)18(16(3,4)5)10-8-14(9-11-18)20-15(21)17(6,7)12-19/h13-14H,8-11H2,1-7H3,(H,20,21). The fourth-order valence-electron chi connectivity index (χ4n) is 3.89. The average Bonchev–Trinajstić information content (AvgIpc) is 2.37. The lowest BCUT2D eigenvalue weighted by Crippen LogP contribution is -2.49. The molecular weight excluding hydrogens is 260 g/mol. The summed E-state index contributed by atoms with van der Waals surface area (Å²) in [6.45, 7) is 15.0. The molecule has 0 saturated heterocycles. The third kappa shape index (κ3) is 3.59. The van der Waals surface area contributed by atoms with Gasteiger partial charge in [0.25, 0.3) is 0 Å². The van der Waals surface area contributed by atoms with Crippen molar-refractivity contribution >= 4 is 5.91 Å². The van der Waals surface area contributed by atoms with Gasteiger partial charge in [0, 0.05) is 6.04 Å². The molecule has 1 fully saturated rings. The fourth-order valence-corrected chi connectivity index (χ4v) is 3.89. The molecule has 0 aromatic rings. The molecule has 0 radical (unpaired) electrons. The predicted molar refractivity (Wildman–Crippen MR) is 86.5 cm³/mol. The Labute approximate surface area is 130 Å². The molecule has 0 aromatic heterocycles. The highest BCUT2D eigenvalue weighted by molar-refractivity contribution is 5.84. The number of nitrogens with zero attached hydrogens (tertiary/aromatic N) is 1. The summed E-state index contributed by atoms with van der Waals surface area (Å²) < 4.78 is 0. The van der Waals surface area contributed by atoms with Crippen molar-refractivity contribution in [2.45, 2.75) is 80.2 Å². The number of carbonyl (C=O) groups is 1. The second kappa shape index (κ2) is 5.99. The summed E-state index contributed by atoms with van der Waals surface area (Å²) in [6, 6.07) is 2.30. The summed E-state index contributed by atoms with van der Waals surface area (Å²) in [5.74, 6) is 0.507. The monoisotopic (exact) mass is 292 g/mol. The molecule has 120 valence electrons. The fraction of sp³-hybridized carbons (Fsp3) is 0.889. The Bertz CT molecular complexity index is 415. The van der Waals surface area contributed by atoms with Gasteiger partial charge >= 0.3 is 0 Å². The number of amides is 1. The Balaban J connectivity index is 2.72. The van der Waals surface area contributed by atoms with Gasteiger partial charge in [-0.1, -0.05) is 34.6 Å². The molecule has 1 amide bonds. The molecule has 0 aliphatic heterocycles. The zero-order chi connectivity index (χ0) is 16.5. The molecule has 1 saturated carbocycles. The van der Waals surface area contributed by atoms with Gasteiger partial charge in [-0.2, -0.15) is 5.26 Å². The smallest absolute Gasteiger partial charge is 0.240 e. The van der Waals surface area contributed by atoms with E-state index in [1.807, 2.05) is 0 Å². The summed E-state index contributed by atoms with van der Waals surface area (Å²) in [4.78, 5) is 12.1. The highest BCUT2D eigenvalue weighted by Gasteiger charge is 2.46. The van der Waals surface area contributed by atoms with Crippen molar-refractivity contribution in [3.8, 4) is 6.07 Å². The van der Waals surface area contributed by atoms with Gasteiger partial charge in [0.2, 0.25) is 5.91 Å². The van der Waals surface area contributed by atoms with Crippen LogP contribution in [0.1, 0.15) is 74.1 Å². The van der Waals surface area contributed by atoms with Crippen LogP contribution in [-0.2, 0) is 4.79 Å². The lowest BCUT2D eigenvalue weighted by molar-refractivity contribution is -0.128. The second-order valence-electron chi connectivity index (χ2n) is 8.55. The molecule has 3 nitrogen and oxygen atoms in total. The first kappa shape index (κ1) is 18.0. The molecule has 1 aliphatic carbocycles. The molecule has 0 bridgehead atoms. The Morgan fingerprint density at radius 3 is 2.00 bits per heavy atom. The van der Waals surface area contributed by atoms with Crippen LogP contribution in [0.2, 0.25) is 0 Å². The minimum Gasteiger partial charge on any atom is -0.352 e. The molecule has 1 N–H and O–H groups in total. The molecule has 21 heavy (non-hydrogen) atoms. The summed E-state index contributed by atoms with van der Waals surface area (Å²) >= 11 is 0. The number of hydrogen-bond acceptors (Lipinski definition) is 2. The zero-order valence-corrected chi connectivity index (χ0v) is 14.8. The van der Waals surface area contributed by atoms with Crippen molar-refractivity contribution in [2.24, 2.45) is 22.2 Å². The quantitative estimate of drug-likeness (QED) is 0.844. The zero-order valence-electron chi connectivity index (χ0n) is 14.8. The van der Waals surface area contributed by atoms with Crippen LogP contribution in [0.4, 0.5) is 0 Å². The number of carbonyl (C=O) groups excluding carboxylic acids is 1. The molecule has 0 heterocycles. The Hall–Kier alpha value is -1.04. The lowest BCUT2D eigenvalue weighted by Gasteiger charge is -2.52. The second-order valence-corrected chi connectivity index (χ2v) is 8.55. The van der Waals surface area contributed by atoms with E-state index in [2.05, 4.69) is 46.0 Å². The number of hydrogen-bond donors (Lipinski definition) is 1. The Morgan fingerprint density at radius 2 is 1.67 bits per heavy atom.